The Morgan fingerprint density at radius 1 is 1.35 bits per heavy atom. The maximum absolute atomic E-state index is 10.8. The Kier molecular flexibility index (Phi) is 4.97. The maximum Gasteiger partial charge on any atom is 0.307 e. The zero-order chi connectivity index (χ0) is 12.8. The molecule has 0 saturated heterocycles. The zero-order valence-electron chi connectivity index (χ0n) is 10.3. The highest BCUT2D eigenvalue weighted by Crippen LogP contribution is 2.12. The van der Waals surface area contributed by atoms with Crippen LogP contribution in [-0.4, -0.2) is 34.2 Å². The Morgan fingerprint density at radius 3 is 2.41 bits per heavy atom. The second-order valence-electron chi connectivity index (χ2n) is 4.23. The molecule has 0 bridgehead atoms. The minimum atomic E-state index is -0.769. The van der Waals surface area contributed by atoms with Gasteiger partial charge < -0.3 is 10.2 Å². The minimum Gasteiger partial charge on any atom is -0.508 e. The molecule has 0 aromatic heterocycles. The number of aromatic hydroxyl groups is 1. The lowest BCUT2D eigenvalue weighted by Gasteiger charge is -2.22. The fourth-order valence-corrected chi connectivity index (χ4v) is 1.63. The molecular weight excluding hydrogens is 218 g/mol. The van der Waals surface area contributed by atoms with Crippen molar-refractivity contribution >= 4 is 5.97 Å². The number of aliphatic carboxylic acids is 1. The van der Waals surface area contributed by atoms with Gasteiger partial charge in [-0.25, -0.2) is 0 Å². The van der Waals surface area contributed by atoms with Crippen molar-refractivity contribution in [3.63, 3.8) is 0 Å². The van der Waals surface area contributed by atoms with E-state index < -0.39 is 5.97 Å². The smallest absolute Gasteiger partial charge is 0.307 e. The molecule has 0 amide bonds. The lowest BCUT2D eigenvalue weighted by Crippen LogP contribution is -2.31. The van der Waals surface area contributed by atoms with Crippen LogP contribution in [0.4, 0.5) is 0 Å². The molecule has 0 heterocycles. The van der Waals surface area contributed by atoms with E-state index in [2.05, 4.69) is 4.90 Å². The third kappa shape index (κ3) is 4.44. The van der Waals surface area contributed by atoms with Gasteiger partial charge in [0.25, 0.3) is 0 Å². The summed E-state index contributed by atoms with van der Waals surface area (Å²) in [4.78, 5) is 12.9. The van der Waals surface area contributed by atoms with Gasteiger partial charge in [-0.2, -0.15) is 0 Å². The molecule has 4 nitrogen and oxygen atoms in total. The summed E-state index contributed by atoms with van der Waals surface area (Å²) in [5, 5.41) is 18.0. The highest BCUT2D eigenvalue weighted by atomic mass is 16.4. The van der Waals surface area contributed by atoms with Crippen LogP contribution < -0.4 is 0 Å². The molecule has 1 unspecified atom stereocenters. The van der Waals surface area contributed by atoms with Crippen molar-refractivity contribution in [2.75, 3.05) is 13.1 Å². The van der Waals surface area contributed by atoms with Crippen molar-refractivity contribution in [3.05, 3.63) is 29.8 Å². The van der Waals surface area contributed by atoms with Gasteiger partial charge in [0.05, 0.1) is 5.92 Å². The fraction of sp³-hybridized carbons (Fsp3) is 0.462. The van der Waals surface area contributed by atoms with Gasteiger partial charge in [0, 0.05) is 13.1 Å². The molecule has 1 aromatic carbocycles. The molecule has 0 fully saturated rings. The Morgan fingerprint density at radius 2 is 1.94 bits per heavy atom. The molecule has 0 spiro atoms. The van der Waals surface area contributed by atoms with Gasteiger partial charge in [-0.3, -0.25) is 9.69 Å². The van der Waals surface area contributed by atoms with Crippen LogP contribution in [0, 0.1) is 5.92 Å². The van der Waals surface area contributed by atoms with Crippen LogP contribution in [0.15, 0.2) is 24.3 Å². The molecule has 0 aliphatic rings. The summed E-state index contributed by atoms with van der Waals surface area (Å²) in [7, 11) is 0. The summed E-state index contributed by atoms with van der Waals surface area (Å²) in [5.41, 5.74) is 1.07. The van der Waals surface area contributed by atoms with E-state index in [0.29, 0.717) is 13.1 Å². The summed E-state index contributed by atoms with van der Waals surface area (Å²) in [6.07, 6.45) is 0. The van der Waals surface area contributed by atoms with Gasteiger partial charge in [-0.15, -0.1) is 0 Å². The lowest BCUT2D eigenvalue weighted by molar-refractivity contribution is -0.141. The molecule has 94 valence electrons. The van der Waals surface area contributed by atoms with Crippen LogP contribution in [0.3, 0.4) is 0 Å². The van der Waals surface area contributed by atoms with Crippen LogP contribution in [-0.2, 0) is 11.3 Å². The average Bonchev–Trinajstić information content (AvgIpc) is 2.30. The first-order valence-electron chi connectivity index (χ1n) is 5.76. The van der Waals surface area contributed by atoms with E-state index in [9.17, 15) is 9.90 Å². The molecule has 0 aliphatic heterocycles. The summed E-state index contributed by atoms with van der Waals surface area (Å²) in [5.74, 6) is -0.892. The van der Waals surface area contributed by atoms with E-state index in [1.54, 1.807) is 19.1 Å². The van der Waals surface area contributed by atoms with Crippen molar-refractivity contribution in [1.82, 2.24) is 4.90 Å². The van der Waals surface area contributed by atoms with Crippen LogP contribution >= 0.6 is 0 Å². The number of benzene rings is 1. The number of hydrogen-bond acceptors (Lipinski definition) is 3. The monoisotopic (exact) mass is 237 g/mol. The average molecular weight is 237 g/mol. The maximum atomic E-state index is 10.8. The molecule has 1 atom stereocenters. The Balaban J connectivity index is 2.57. The summed E-state index contributed by atoms with van der Waals surface area (Å²) >= 11 is 0. The van der Waals surface area contributed by atoms with E-state index in [1.807, 2.05) is 19.1 Å². The van der Waals surface area contributed by atoms with Gasteiger partial charge in [-0.05, 0) is 24.2 Å². The largest absolute Gasteiger partial charge is 0.508 e. The highest BCUT2D eigenvalue weighted by molar-refractivity contribution is 5.69. The van der Waals surface area contributed by atoms with Gasteiger partial charge in [0.1, 0.15) is 5.75 Å². The topological polar surface area (TPSA) is 60.8 Å². The summed E-state index contributed by atoms with van der Waals surface area (Å²) < 4.78 is 0. The Bertz CT molecular complexity index is 361. The van der Waals surface area contributed by atoms with Gasteiger partial charge >= 0.3 is 5.97 Å². The molecule has 1 aromatic rings. The third-order valence-corrected chi connectivity index (χ3v) is 2.74. The van der Waals surface area contributed by atoms with E-state index in [-0.39, 0.29) is 11.7 Å². The Hall–Kier alpha value is -1.55. The number of carboxylic acid groups (broad SMARTS) is 1. The summed E-state index contributed by atoms with van der Waals surface area (Å²) in [6.45, 7) is 5.76. The second-order valence-corrected chi connectivity index (χ2v) is 4.23. The van der Waals surface area contributed by atoms with E-state index in [1.165, 1.54) is 0 Å². The molecule has 4 heteroatoms. The number of phenols is 1. The number of nitrogens with zero attached hydrogens (tertiary/aromatic N) is 1. The van der Waals surface area contributed by atoms with E-state index >= 15 is 0 Å². The number of carboxylic acids is 1. The van der Waals surface area contributed by atoms with Gasteiger partial charge in [-0.1, -0.05) is 26.0 Å². The first-order chi connectivity index (χ1) is 8.02. The SMILES string of the molecule is CCN(Cc1ccc(O)cc1)CC(C)C(=O)O. The summed E-state index contributed by atoms with van der Waals surface area (Å²) in [6, 6.07) is 6.99. The molecule has 0 saturated carbocycles. The van der Waals surface area contributed by atoms with Crippen molar-refractivity contribution < 1.29 is 15.0 Å². The van der Waals surface area contributed by atoms with Gasteiger partial charge in [0.15, 0.2) is 0 Å². The predicted octanol–water partition coefficient (Wildman–Crippen LogP) is 1.93. The number of hydrogen-bond donors (Lipinski definition) is 2. The van der Waals surface area contributed by atoms with Crippen LogP contribution in [0.2, 0.25) is 0 Å². The Labute approximate surface area is 101 Å². The number of rotatable bonds is 6. The van der Waals surface area contributed by atoms with Crippen molar-refractivity contribution in [2.24, 2.45) is 5.92 Å². The minimum absolute atomic E-state index is 0.246. The number of phenolic OH excluding ortho intramolecular Hbond substituents is 1. The third-order valence-electron chi connectivity index (χ3n) is 2.74. The normalized spacial score (nSPS) is 12.6. The standard InChI is InChI=1S/C13H19NO3/c1-3-14(8-10(2)13(16)17)9-11-4-6-12(15)7-5-11/h4-7,10,15H,3,8-9H2,1-2H3,(H,16,17). The van der Waals surface area contributed by atoms with E-state index in [0.717, 1.165) is 12.1 Å². The number of carbonyl (C=O) groups is 1. The van der Waals surface area contributed by atoms with Crippen molar-refractivity contribution in [2.45, 2.75) is 20.4 Å². The van der Waals surface area contributed by atoms with E-state index in [4.69, 9.17) is 5.11 Å². The molecule has 0 radical (unpaired) electrons. The quantitative estimate of drug-likeness (QED) is 0.793. The molecule has 1 rings (SSSR count). The fourth-order valence-electron chi connectivity index (χ4n) is 1.63. The van der Waals surface area contributed by atoms with Crippen LogP contribution in [0.1, 0.15) is 19.4 Å². The molecule has 17 heavy (non-hydrogen) atoms. The van der Waals surface area contributed by atoms with Crippen LogP contribution in [0.5, 0.6) is 5.75 Å². The molecule has 0 aliphatic carbocycles. The van der Waals surface area contributed by atoms with Crippen molar-refractivity contribution in [1.29, 1.82) is 0 Å². The zero-order valence-corrected chi connectivity index (χ0v) is 10.3. The second kappa shape index (κ2) is 6.25. The van der Waals surface area contributed by atoms with Gasteiger partial charge in [0.2, 0.25) is 0 Å². The molecular formula is C13H19NO3. The van der Waals surface area contributed by atoms with Crippen molar-refractivity contribution in [3.8, 4) is 5.75 Å². The highest BCUT2D eigenvalue weighted by Gasteiger charge is 2.15. The lowest BCUT2D eigenvalue weighted by atomic mass is 10.1. The first kappa shape index (κ1) is 13.5. The predicted molar refractivity (Wildman–Crippen MR) is 65.9 cm³/mol. The van der Waals surface area contributed by atoms with Crippen LogP contribution in [0.25, 0.3) is 0 Å². The molecule has 2 N–H and O–H groups in total. The first-order valence-corrected chi connectivity index (χ1v) is 5.76.